The molecule has 0 saturated heterocycles. The van der Waals surface area contributed by atoms with Gasteiger partial charge in [0.05, 0.1) is 43.2 Å². The molecule has 1 aliphatic carbocycles. The van der Waals surface area contributed by atoms with Crippen LogP contribution in [-0.4, -0.2) is 92.7 Å². The first-order chi connectivity index (χ1) is 11.8. The summed E-state index contributed by atoms with van der Waals surface area (Å²) >= 11 is 0. The smallest absolute Gasteiger partial charge is 0.304 e. The van der Waals surface area contributed by atoms with Crippen molar-refractivity contribution in [3.05, 3.63) is 0 Å². The van der Waals surface area contributed by atoms with Crippen molar-refractivity contribution in [2.75, 3.05) is 19.7 Å². The fourth-order valence-corrected chi connectivity index (χ4v) is 3.21. The van der Waals surface area contributed by atoms with Gasteiger partial charge in [0.15, 0.2) is 0 Å². The van der Waals surface area contributed by atoms with E-state index >= 15 is 0 Å². The lowest BCUT2D eigenvalue weighted by atomic mass is 9.73. The first-order valence-electron chi connectivity index (χ1n) is 8.35. The van der Waals surface area contributed by atoms with E-state index < -0.39 is 48.3 Å². The van der Waals surface area contributed by atoms with Crippen LogP contribution in [0.15, 0.2) is 0 Å². The molecule has 0 aromatic rings. The van der Waals surface area contributed by atoms with E-state index in [4.69, 9.17) is 15.3 Å². The second-order valence-corrected chi connectivity index (χ2v) is 6.25. The average molecular weight is 364 g/mol. The Morgan fingerprint density at radius 1 is 0.800 bits per heavy atom. The van der Waals surface area contributed by atoms with Crippen LogP contribution >= 0.6 is 0 Å². The molecular formula is C15H28N2O8. The minimum Gasteiger partial charge on any atom is -0.481 e. The number of carbonyl (C=O) groups is 2. The van der Waals surface area contributed by atoms with Gasteiger partial charge in [0.2, 0.25) is 0 Å². The predicted octanol–water partition coefficient (Wildman–Crippen LogP) is -2.66. The molecule has 0 bridgehead atoms. The average Bonchev–Trinajstić information content (AvgIpc) is 2.53. The first-order valence-corrected chi connectivity index (χ1v) is 8.35. The van der Waals surface area contributed by atoms with Crippen molar-refractivity contribution in [3.63, 3.8) is 0 Å². The molecule has 10 nitrogen and oxygen atoms in total. The SMILES string of the molecule is O=C(O)CCN[C@@H]1C(O)[C@H](NCCC(=O)O)[C@H](O)C(CCCO)[C@@H]1O. The van der Waals surface area contributed by atoms with Gasteiger partial charge < -0.3 is 41.3 Å². The fourth-order valence-electron chi connectivity index (χ4n) is 3.21. The molecule has 0 aliphatic heterocycles. The van der Waals surface area contributed by atoms with E-state index in [2.05, 4.69) is 10.6 Å². The molecule has 0 radical (unpaired) electrons. The van der Waals surface area contributed by atoms with Crippen LogP contribution in [0.5, 0.6) is 0 Å². The number of aliphatic hydroxyl groups excluding tert-OH is 4. The Hall–Kier alpha value is -1.30. The van der Waals surface area contributed by atoms with Crippen molar-refractivity contribution in [3.8, 4) is 0 Å². The number of hydrogen-bond donors (Lipinski definition) is 8. The van der Waals surface area contributed by atoms with Gasteiger partial charge in [0.1, 0.15) is 0 Å². The highest BCUT2D eigenvalue weighted by Crippen LogP contribution is 2.30. The van der Waals surface area contributed by atoms with Gasteiger partial charge in [-0.3, -0.25) is 9.59 Å². The maximum Gasteiger partial charge on any atom is 0.304 e. The second kappa shape index (κ2) is 10.6. The minimum absolute atomic E-state index is 0.0266. The van der Waals surface area contributed by atoms with Crippen LogP contribution in [-0.2, 0) is 9.59 Å². The number of carboxylic acids is 2. The molecule has 0 aromatic heterocycles. The van der Waals surface area contributed by atoms with Gasteiger partial charge in [0, 0.05) is 25.6 Å². The summed E-state index contributed by atoms with van der Waals surface area (Å²) in [5.74, 6) is -2.71. The van der Waals surface area contributed by atoms with Crippen molar-refractivity contribution in [2.24, 2.45) is 5.92 Å². The van der Waals surface area contributed by atoms with Gasteiger partial charge in [0.25, 0.3) is 0 Å². The fraction of sp³-hybridized carbons (Fsp3) is 0.867. The van der Waals surface area contributed by atoms with Gasteiger partial charge in [-0.05, 0) is 12.8 Å². The monoisotopic (exact) mass is 364 g/mol. The summed E-state index contributed by atoms with van der Waals surface area (Å²) in [5, 5.41) is 63.4. The predicted molar refractivity (Wildman–Crippen MR) is 85.9 cm³/mol. The van der Waals surface area contributed by atoms with E-state index in [1.807, 2.05) is 0 Å². The Morgan fingerprint density at radius 3 is 1.60 bits per heavy atom. The highest BCUT2D eigenvalue weighted by molar-refractivity contribution is 5.67. The number of rotatable bonds is 11. The van der Waals surface area contributed by atoms with Crippen LogP contribution in [0, 0.1) is 5.92 Å². The highest BCUT2D eigenvalue weighted by atomic mass is 16.4. The molecule has 6 atom stereocenters. The Labute approximate surface area is 145 Å². The molecule has 25 heavy (non-hydrogen) atoms. The van der Waals surface area contributed by atoms with Gasteiger partial charge in [-0.25, -0.2) is 0 Å². The molecule has 8 N–H and O–H groups in total. The Morgan fingerprint density at radius 2 is 1.24 bits per heavy atom. The maximum atomic E-state index is 10.6. The summed E-state index contributed by atoms with van der Waals surface area (Å²) in [6, 6.07) is -1.76. The number of aliphatic hydroxyl groups is 4. The van der Waals surface area contributed by atoms with Crippen molar-refractivity contribution in [1.29, 1.82) is 0 Å². The molecule has 1 fully saturated rings. The third kappa shape index (κ3) is 6.49. The van der Waals surface area contributed by atoms with Crippen molar-refractivity contribution in [2.45, 2.75) is 56.1 Å². The number of carboxylic acid groups (broad SMARTS) is 2. The zero-order chi connectivity index (χ0) is 19.0. The van der Waals surface area contributed by atoms with E-state index in [1.165, 1.54) is 0 Å². The minimum atomic E-state index is -1.24. The van der Waals surface area contributed by atoms with Crippen LogP contribution < -0.4 is 10.6 Å². The molecule has 0 heterocycles. The quantitative estimate of drug-likeness (QED) is 0.193. The molecule has 0 aromatic carbocycles. The topological polar surface area (TPSA) is 180 Å². The van der Waals surface area contributed by atoms with E-state index in [-0.39, 0.29) is 32.5 Å². The summed E-state index contributed by atoms with van der Waals surface area (Å²) in [6.45, 7) is -0.0652. The molecule has 146 valence electrons. The maximum absolute atomic E-state index is 10.6. The first kappa shape index (κ1) is 21.7. The van der Waals surface area contributed by atoms with Gasteiger partial charge in [-0.1, -0.05) is 0 Å². The van der Waals surface area contributed by atoms with Crippen molar-refractivity contribution in [1.82, 2.24) is 10.6 Å². The van der Waals surface area contributed by atoms with Gasteiger partial charge >= 0.3 is 11.9 Å². The van der Waals surface area contributed by atoms with Crippen molar-refractivity contribution >= 4 is 11.9 Å². The zero-order valence-electron chi connectivity index (χ0n) is 13.9. The van der Waals surface area contributed by atoms with E-state index in [1.54, 1.807) is 0 Å². The van der Waals surface area contributed by atoms with Crippen LogP contribution in [0.2, 0.25) is 0 Å². The van der Waals surface area contributed by atoms with Crippen LogP contribution in [0.1, 0.15) is 25.7 Å². The lowest BCUT2D eigenvalue weighted by molar-refractivity contribution is -0.138. The van der Waals surface area contributed by atoms with Crippen LogP contribution in [0.3, 0.4) is 0 Å². The molecule has 1 saturated carbocycles. The lowest BCUT2D eigenvalue weighted by Gasteiger charge is -2.47. The van der Waals surface area contributed by atoms with Gasteiger partial charge in [-0.2, -0.15) is 0 Å². The normalized spacial score (nSPS) is 32.5. The molecule has 2 unspecified atom stereocenters. The van der Waals surface area contributed by atoms with E-state index in [0.29, 0.717) is 12.8 Å². The molecule has 1 rings (SSSR count). The lowest BCUT2D eigenvalue weighted by Crippen LogP contribution is -2.69. The third-order valence-corrected chi connectivity index (χ3v) is 4.48. The molecule has 1 aliphatic rings. The summed E-state index contributed by atoms with van der Waals surface area (Å²) < 4.78 is 0. The Balaban J connectivity index is 2.82. The van der Waals surface area contributed by atoms with Crippen LogP contribution in [0.4, 0.5) is 0 Å². The van der Waals surface area contributed by atoms with Gasteiger partial charge in [-0.15, -0.1) is 0 Å². The summed E-state index contributed by atoms with van der Waals surface area (Å²) in [4.78, 5) is 21.3. The largest absolute Gasteiger partial charge is 0.481 e. The third-order valence-electron chi connectivity index (χ3n) is 4.48. The van der Waals surface area contributed by atoms with Crippen LogP contribution in [0.25, 0.3) is 0 Å². The standard InChI is InChI=1S/C15H28N2O8/c18-7-1-2-8-13(23)11(16-5-3-9(19)20)15(25)12(14(8)24)17-6-4-10(21)22/h8,11-18,23-25H,1-7H2,(H,19,20)(H,21,22)/t8?,11-,12+,13-,14+,15?. The number of nitrogens with one attached hydrogen (secondary N) is 2. The number of hydrogen-bond acceptors (Lipinski definition) is 8. The van der Waals surface area contributed by atoms with Crippen molar-refractivity contribution < 1.29 is 40.2 Å². The highest BCUT2D eigenvalue weighted by Gasteiger charge is 2.48. The summed E-state index contributed by atoms with van der Waals surface area (Å²) in [5.41, 5.74) is 0. The molecule has 0 amide bonds. The summed E-state index contributed by atoms with van der Waals surface area (Å²) in [6.07, 6.45) is -3.25. The number of aliphatic carboxylic acids is 2. The Bertz CT molecular complexity index is 402. The summed E-state index contributed by atoms with van der Waals surface area (Å²) in [7, 11) is 0. The molecular weight excluding hydrogens is 336 g/mol. The second-order valence-electron chi connectivity index (χ2n) is 6.25. The molecule has 0 spiro atoms. The van der Waals surface area contributed by atoms with E-state index in [9.17, 15) is 24.9 Å². The van der Waals surface area contributed by atoms with E-state index in [0.717, 1.165) is 0 Å². The molecule has 10 heteroatoms. The zero-order valence-corrected chi connectivity index (χ0v) is 13.9. The Kier molecular flexibility index (Phi) is 9.25.